The summed E-state index contributed by atoms with van der Waals surface area (Å²) in [6.07, 6.45) is 14.4. The molecule has 0 spiro atoms. The van der Waals surface area contributed by atoms with Gasteiger partial charge in [-0.3, -0.25) is 4.79 Å². The second-order valence-electron chi connectivity index (χ2n) is 15.6. The number of hydrogen-bond acceptors (Lipinski definition) is 3. The molecule has 0 saturated heterocycles. The van der Waals surface area contributed by atoms with Crippen LogP contribution >= 0.6 is 0 Å². The Labute approximate surface area is 212 Å². The number of nitrogens with zero attached hydrogens (tertiary/aromatic N) is 1. The number of hydrogen-bond donors (Lipinski definition) is 0. The zero-order valence-electron chi connectivity index (χ0n) is 23.3. The largest absolute Gasteiger partial charge is 0.361 e. The molecule has 1 heterocycles. The summed E-state index contributed by atoms with van der Waals surface area (Å²) in [6.45, 7) is 21.6. The summed E-state index contributed by atoms with van der Waals surface area (Å²) in [5.74, 6) is 3.22. The van der Waals surface area contributed by atoms with Crippen LogP contribution in [0.2, 0.25) is 0 Å². The first-order valence-corrected chi connectivity index (χ1v) is 14.3. The van der Waals surface area contributed by atoms with Crippen molar-refractivity contribution in [3.8, 4) is 0 Å². The molecule has 1 aromatic rings. The molecule has 6 rings (SSSR count). The fraction of sp³-hybridized carbons (Fsp3) is 0.812. The molecule has 4 saturated carbocycles. The average Bonchev–Trinajstić information content (AvgIpc) is 3.24. The molecule has 0 radical (unpaired) electrons. The Bertz CT molecular complexity index is 1080. The summed E-state index contributed by atoms with van der Waals surface area (Å²) in [5, 5.41) is 4.23. The Hall–Kier alpha value is -1.38. The zero-order valence-corrected chi connectivity index (χ0v) is 23.3. The number of allylic oxidation sites excluding steroid dienone is 1. The lowest BCUT2D eigenvalue weighted by Gasteiger charge is -2.72. The molecule has 5 aliphatic carbocycles. The van der Waals surface area contributed by atoms with E-state index in [0.717, 1.165) is 18.6 Å². The van der Waals surface area contributed by atoms with Gasteiger partial charge < -0.3 is 4.52 Å². The molecule has 3 nitrogen and oxygen atoms in total. The molecule has 8 atom stereocenters. The van der Waals surface area contributed by atoms with Gasteiger partial charge in [0.25, 0.3) is 0 Å². The van der Waals surface area contributed by atoms with Gasteiger partial charge in [0.2, 0.25) is 0 Å². The Morgan fingerprint density at radius 1 is 0.971 bits per heavy atom. The van der Waals surface area contributed by atoms with Gasteiger partial charge in [-0.2, -0.15) is 0 Å². The highest BCUT2D eigenvalue weighted by Crippen LogP contribution is 2.76. The number of aromatic nitrogens is 1. The average molecular weight is 478 g/mol. The number of fused-ring (bicyclic) bond motifs is 8. The van der Waals surface area contributed by atoms with Crippen LogP contribution in [-0.2, 0) is 16.6 Å². The highest BCUT2D eigenvalue weighted by molar-refractivity contribution is 5.84. The van der Waals surface area contributed by atoms with E-state index in [1.54, 1.807) is 0 Å². The lowest BCUT2D eigenvalue weighted by molar-refractivity contribution is -0.223. The summed E-state index contributed by atoms with van der Waals surface area (Å²) in [7, 11) is 0. The molecule has 1 aromatic heterocycles. The lowest BCUT2D eigenvalue weighted by Crippen LogP contribution is -2.68. The van der Waals surface area contributed by atoms with Gasteiger partial charge in [-0.05, 0) is 96.2 Å². The standard InChI is InChI=1S/C32H47NO2/c1-9-32-14-12-27(2,3)18-21(32)25-22(34)16-24-29(6)17-20-19-33-35-26(20)28(4,5)23(29)10-11-30(24,7)31(25,8)13-15-32/h9,19,21,23-25H,1,10-18H2,2-8H3/t21-,23+,24-,25?,29+,30-,31-,32-/m1/s1. The van der Waals surface area contributed by atoms with Crippen LogP contribution in [0.3, 0.4) is 0 Å². The Morgan fingerprint density at radius 2 is 1.69 bits per heavy atom. The second kappa shape index (κ2) is 6.93. The van der Waals surface area contributed by atoms with Crippen LogP contribution in [0.1, 0.15) is 111 Å². The third kappa shape index (κ3) is 2.79. The maximum Gasteiger partial charge on any atom is 0.145 e. The minimum atomic E-state index is -0.0427. The van der Waals surface area contributed by atoms with E-state index in [1.165, 1.54) is 50.5 Å². The van der Waals surface area contributed by atoms with Gasteiger partial charge in [-0.1, -0.05) is 59.7 Å². The van der Waals surface area contributed by atoms with Crippen LogP contribution in [0.15, 0.2) is 23.4 Å². The minimum absolute atomic E-state index is 0.0427. The Morgan fingerprint density at radius 3 is 2.40 bits per heavy atom. The van der Waals surface area contributed by atoms with Crippen molar-refractivity contribution >= 4 is 5.78 Å². The molecule has 192 valence electrons. The van der Waals surface area contributed by atoms with Gasteiger partial charge in [0, 0.05) is 23.3 Å². The molecule has 0 N–H and O–H groups in total. The van der Waals surface area contributed by atoms with Gasteiger partial charge in [0.15, 0.2) is 0 Å². The molecular formula is C32H47NO2. The SMILES string of the molecule is C=C[C@]12CCC(C)(C)C[C@@H]1C1C(=O)C[C@@H]3[C@@]4(C)Cc5cnoc5C(C)(C)[C@@H]4CC[C@@]3(C)[C@]1(C)CC2. The summed E-state index contributed by atoms with van der Waals surface area (Å²) < 4.78 is 5.83. The van der Waals surface area contributed by atoms with Crippen LogP contribution in [0.5, 0.6) is 0 Å². The van der Waals surface area contributed by atoms with Crippen LogP contribution in [-0.4, -0.2) is 10.9 Å². The maximum absolute atomic E-state index is 14.5. The number of carbonyl (C=O) groups is 1. The van der Waals surface area contributed by atoms with Gasteiger partial charge >= 0.3 is 0 Å². The number of ketones is 1. The summed E-state index contributed by atoms with van der Waals surface area (Å²) in [4.78, 5) is 14.5. The van der Waals surface area contributed by atoms with E-state index in [4.69, 9.17) is 4.52 Å². The predicted molar refractivity (Wildman–Crippen MR) is 140 cm³/mol. The molecule has 35 heavy (non-hydrogen) atoms. The highest BCUT2D eigenvalue weighted by Gasteiger charge is 2.72. The van der Waals surface area contributed by atoms with Gasteiger partial charge in [-0.25, -0.2) is 0 Å². The van der Waals surface area contributed by atoms with Crippen LogP contribution in [0, 0.1) is 50.7 Å². The highest BCUT2D eigenvalue weighted by atomic mass is 16.5. The lowest BCUT2D eigenvalue weighted by atomic mass is 9.31. The van der Waals surface area contributed by atoms with E-state index in [1.807, 2.05) is 6.20 Å². The van der Waals surface area contributed by atoms with Crippen LogP contribution in [0.25, 0.3) is 0 Å². The van der Waals surface area contributed by atoms with Crippen molar-refractivity contribution < 1.29 is 9.32 Å². The van der Waals surface area contributed by atoms with Crippen molar-refractivity contribution in [1.29, 1.82) is 0 Å². The molecule has 1 unspecified atom stereocenters. The van der Waals surface area contributed by atoms with E-state index < -0.39 is 0 Å². The van der Waals surface area contributed by atoms with Crippen LogP contribution < -0.4 is 0 Å². The minimum Gasteiger partial charge on any atom is -0.361 e. The molecule has 0 aromatic carbocycles. The molecule has 3 heteroatoms. The molecule has 0 aliphatic heterocycles. The molecule has 0 amide bonds. The summed E-state index contributed by atoms with van der Waals surface area (Å²) in [5.41, 5.74) is 2.04. The molecule has 4 fully saturated rings. The first-order valence-electron chi connectivity index (χ1n) is 14.3. The van der Waals surface area contributed by atoms with Crippen molar-refractivity contribution in [1.82, 2.24) is 5.16 Å². The fourth-order valence-electron chi connectivity index (χ4n) is 11.4. The van der Waals surface area contributed by atoms with Crippen molar-refractivity contribution in [3.63, 3.8) is 0 Å². The first-order chi connectivity index (χ1) is 16.2. The Balaban J connectivity index is 1.46. The zero-order chi connectivity index (χ0) is 25.2. The summed E-state index contributed by atoms with van der Waals surface area (Å²) in [6, 6.07) is 0. The quantitative estimate of drug-likeness (QED) is 0.386. The normalized spacial score (nSPS) is 49.6. The van der Waals surface area contributed by atoms with Crippen molar-refractivity contribution in [3.05, 3.63) is 30.2 Å². The van der Waals surface area contributed by atoms with Gasteiger partial charge in [0.1, 0.15) is 11.5 Å². The topological polar surface area (TPSA) is 43.1 Å². The second-order valence-corrected chi connectivity index (χ2v) is 15.6. The van der Waals surface area contributed by atoms with E-state index in [2.05, 4.69) is 66.3 Å². The number of rotatable bonds is 1. The maximum atomic E-state index is 14.5. The monoisotopic (exact) mass is 477 g/mol. The van der Waals surface area contributed by atoms with E-state index >= 15 is 0 Å². The number of carbonyl (C=O) groups excluding carboxylic acids is 1. The molecular weight excluding hydrogens is 430 g/mol. The van der Waals surface area contributed by atoms with Crippen molar-refractivity contribution in [2.75, 3.05) is 0 Å². The number of Topliss-reactive ketones (excluding diaryl/α,β-unsaturated/α-hetero) is 1. The van der Waals surface area contributed by atoms with E-state index in [9.17, 15) is 4.79 Å². The van der Waals surface area contributed by atoms with Gasteiger partial charge in [-0.15, -0.1) is 6.58 Å². The fourth-order valence-corrected chi connectivity index (χ4v) is 11.4. The Kier molecular flexibility index (Phi) is 4.75. The molecule has 5 aliphatic rings. The first kappa shape index (κ1) is 24.0. The van der Waals surface area contributed by atoms with Gasteiger partial charge in [0.05, 0.1) is 6.20 Å². The molecule has 0 bridgehead atoms. The third-order valence-corrected chi connectivity index (χ3v) is 13.4. The van der Waals surface area contributed by atoms with E-state index in [0.29, 0.717) is 29.0 Å². The van der Waals surface area contributed by atoms with Crippen molar-refractivity contribution in [2.45, 2.75) is 112 Å². The summed E-state index contributed by atoms with van der Waals surface area (Å²) >= 11 is 0. The van der Waals surface area contributed by atoms with Crippen molar-refractivity contribution in [2.24, 2.45) is 50.7 Å². The smallest absolute Gasteiger partial charge is 0.145 e. The predicted octanol–water partition coefficient (Wildman–Crippen LogP) is 7.93. The van der Waals surface area contributed by atoms with Crippen LogP contribution in [0.4, 0.5) is 0 Å². The van der Waals surface area contributed by atoms with E-state index in [-0.39, 0.29) is 33.0 Å². The third-order valence-electron chi connectivity index (χ3n) is 13.4.